The number of hydrogen-bond donors (Lipinski definition) is 0. The van der Waals surface area contributed by atoms with Crippen LogP contribution in [-0.4, -0.2) is 32.5 Å². The third-order valence-corrected chi connectivity index (χ3v) is 5.65. The summed E-state index contributed by atoms with van der Waals surface area (Å²) in [5.41, 5.74) is -9.72. The van der Waals surface area contributed by atoms with Gasteiger partial charge in [0.05, 0.1) is 12.7 Å². The minimum atomic E-state index is -6.72. The zero-order valence-electron chi connectivity index (χ0n) is 14.1. The molecule has 0 aliphatic heterocycles. The molecule has 154 valence electrons. The van der Waals surface area contributed by atoms with Crippen molar-refractivity contribution in [3.63, 3.8) is 0 Å². The molecule has 1 heterocycles. The summed E-state index contributed by atoms with van der Waals surface area (Å²) < 4.78 is 114. The molecule has 0 aliphatic carbocycles. The van der Waals surface area contributed by atoms with E-state index in [9.17, 15) is 43.2 Å². The number of aryl methyl sites for hydroxylation is 2. The molecular weight excluding hydrogens is 416 g/mol. The molecule has 1 rings (SSSR count). The smallest absolute Gasteiger partial charge is 0.421 e. The van der Waals surface area contributed by atoms with Gasteiger partial charge in [0, 0.05) is 19.4 Å². The van der Waals surface area contributed by atoms with E-state index in [4.69, 9.17) is 0 Å². The number of sulfonamides is 2. The highest BCUT2D eigenvalue weighted by atomic mass is 32.3. The van der Waals surface area contributed by atoms with Crippen LogP contribution in [0.1, 0.15) is 24.7 Å². The number of aromatic nitrogens is 2. The lowest BCUT2D eigenvalue weighted by molar-refractivity contribution is -0.778. The summed E-state index contributed by atoms with van der Waals surface area (Å²) in [6, 6.07) is 2.22. The van der Waals surface area contributed by atoms with Crippen molar-refractivity contribution in [2.45, 2.75) is 44.8 Å². The van der Waals surface area contributed by atoms with Crippen molar-refractivity contribution in [3.05, 3.63) is 21.6 Å². The molecule has 0 N–H and O–H groups in total. The monoisotopic (exact) mass is 433 g/mol. The zero-order valence-corrected chi connectivity index (χ0v) is 15.7. The van der Waals surface area contributed by atoms with Crippen LogP contribution in [-0.2, 0) is 33.6 Å². The standard InChI is InChI=1S/C9H17N2.C2F6NO4S2/c1-5-6-11-9(3)7-8(2)10(11)4;3-1(4,5)14(10,11)9-15(12,13)2(6,7)8/h7H,5-6H2,1-4H3;/q+1;-1. The topological polar surface area (TPSA) is 91.2 Å². The second-order valence-electron chi connectivity index (χ2n) is 4.99. The van der Waals surface area contributed by atoms with Gasteiger partial charge in [-0.3, -0.25) is 0 Å². The summed E-state index contributed by atoms with van der Waals surface area (Å²) in [5, 5.41) is 0. The largest absolute Gasteiger partial charge is 0.480 e. The van der Waals surface area contributed by atoms with Crippen molar-refractivity contribution in [2.75, 3.05) is 0 Å². The van der Waals surface area contributed by atoms with Crippen LogP contribution in [0.15, 0.2) is 6.07 Å². The van der Waals surface area contributed by atoms with Gasteiger partial charge in [0.15, 0.2) is 26.6 Å². The van der Waals surface area contributed by atoms with Gasteiger partial charge in [-0.25, -0.2) is 16.8 Å². The molecule has 1 aromatic rings. The van der Waals surface area contributed by atoms with Gasteiger partial charge in [-0.05, 0) is 6.92 Å². The molecule has 0 amide bonds. The van der Waals surface area contributed by atoms with E-state index in [0.717, 1.165) is 10.7 Å². The fraction of sp³-hybridized carbons (Fsp3) is 0.727. The van der Waals surface area contributed by atoms with E-state index in [-0.39, 0.29) is 0 Å². The van der Waals surface area contributed by atoms with Crippen LogP contribution in [0.3, 0.4) is 0 Å². The van der Waals surface area contributed by atoms with Crippen molar-refractivity contribution >= 4 is 20.0 Å². The number of halogens is 6. The lowest BCUT2D eigenvalue weighted by Gasteiger charge is -2.22. The Morgan fingerprint density at radius 1 is 1.00 bits per heavy atom. The number of rotatable bonds is 4. The second-order valence-corrected chi connectivity index (χ2v) is 8.41. The predicted molar refractivity (Wildman–Crippen MR) is 78.7 cm³/mol. The van der Waals surface area contributed by atoms with Crippen molar-refractivity contribution < 1.29 is 47.9 Å². The van der Waals surface area contributed by atoms with Crippen LogP contribution in [0.2, 0.25) is 0 Å². The quantitative estimate of drug-likeness (QED) is 0.539. The summed E-state index contributed by atoms with van der Waals surface area (Å²) in [4.78, 5) is 0. The molecule has 0 aromatic carbocycles. The summed E-state index contributed by atoms with van der Waals surface area (Å²) in [6.45, 7) is 7.62. The van der Waals surface area contributed by atoms with E-state index in [0.29, 0.717) is 0 Å². The minimum Gasteiger partial charge on any atom is -0.421 e. The van der Waals surface area contributed by atoms with Crippen molar-refractivity contribution in [2.24, 2.45) is 7.05 Å². The highest BCUT2D eigenvalue weighted by Crippen LogP contribution is 2.36. The molecule has 26 heavy (non-hydrogen) atoms. The molecule has 7 nitrogen and oxygen atoms in total. The van der Waals surface area contributed by atoms with Gasteiger partial charge in [0.25, 0.3) is 0 Å². The zero-order chi connectivity index (χ0) is 21.1. The number of alkyl halides is 6. The Morgan fingerprint density at radius 2 is 1.38 bits per heavy atom. The minimum absolute atomic E-state index is 0.778. The lowest BCUT2D eigenvalue weighted by atomic mass is 10.4. The molecule has 0 saturated carbocycles. The van der Waals surface area contributed by atoms with Crippen LogP contribution in [0, 0.1) is 13.8 Å². The van der Waals surface area contributed by atoms with E-state index in [2.05, 4.69) is 43.2 Å². The predicted octanol–water partition coefficient (Wildman–Crippen LogP) is 2.40. The number of nitrogens with zero attached hydrogens (tertiary/aromatic N) is 3. The molecule has 0 unspecified atom stereocenters. The highest BCUT2D eigenvalue weighted by molar-refractivity contribution is 8.13. The van der Waals surface area contributed by atoms with Gasteiger partial charge in [-0.2, -0.15) is 31.0 Å². The maximum atomic E-state index is 11.4. The van der Waals surface area contributed by atoms with Gasteiger partial charge in [-0.15, -0.1) is 4.68 Å². The Morgan fingerprint density at radius 3 is 1.62 bits per heavy atom. The first-order valence-corrected chi connectivity index (χ1v) is 9.65. The Bertz CT molecular complexity index is 783. The third-order valence-electron chi connectivity index (χ3n) is 2.91. The maximum absolute atomic E-state index is 11.4. The fourth-order valence-corrected chi connectivity index (χ4v) is 3.36. The molecule has 0 fully saturated rings. The molecule has 0 atom stereocenters. The molecule has 0 saturated heterocycles. The van der Waals surface area contributed by atoms with E-state index >= 15 is 0 Å². The summed E-state index contributed by atoms with van der Waals surface area (Å²) >= 11 is 0. The van der Waals surface area contributed by atoms with E-state index in [1.54, 1.807) is 0 Å². The Hall–Kier alpha value is -1.35. The van der Waals surface area contributed by atoms with Gasteiger partial charge in [0.1, 0.15) is 0 Å². The van der Waals surface area contributed by atoms with Gasteiger partial charge in [-0.1, -0.05) is 6.92 Å². The van der Waals surface area contributed by atoms with Gasteiger partial charge < -0.3 is 4.13 Å². The molecule has 0 aliphatic rings. The van der Waals surface area contributed by atoms with Crippen LogP contribution < -0.4 is 4.68 Å². The van der Waals surface area contributed by atoms with Gasteiger partial charge in [0.2, 0.25) is 5.69 Å². The fourth-order valence-electron chi connectivity index (χ4n) is 1.65. The normalized spacial score (nSPS) is 13.3. The lowest BCUT2D eigenvalue weighted by Crippen LogP contribution is -2.44. The Balaban J connectivity index is 0.000000502. The summed E-state index contributed by atoms with van der Waals surface area (Å²) in [5.74, 6) is 0. The first-order chi connectivity index (χ1) is 11.4. The van der Waals surface area contributed by atoms with E-state index in [1.165, 1.54) is 17.8 Å². The first-order valence-electron chi connectivity index (χ1n) is 6.77. The second kappa shape index (κ2) is 8.12. The Kier molecular flexibility index (Phi) is 7.70. The summed E-state index contributed by atoms with van der Waals surface area (Å²) in [7, 11) is -11.3. The van der Waals surface area contributed by atoms with Crippen LogP contribution in [0.5, 0.6) is 0 Å². The molecule has 0 spiro atoms. The Labute approximate surface area is 146 Å². The van der Waals surface area contributed by atoms with Crippen LogP contribution in [0.4, 0.5) is 26.3 Å². The van der Waals surface area contributed by atoms with Gasteiger partial charge >= 0.3 is 11.0 Å². The number of hydrogen-bond acceptors (Lipinski definition) is 4. The third kappa shape index (κ3) is 6.12. The average molecular weight is 433 g/mol. The summed E-state index contributed by atoms with van der Waals surface area (Å²) in [6.07, 6.45) is 1.20. The van der Waals surface area contributed by atoms with E-state index < -0.39 is 31.1 Å². The van der Waals surface area contributed by atoms with Crippen molar-refractivity contribution in [1.29, 1.82) is 0 Å². The molecule has 0 radical (unpaired) electrons. The average Bonchev–Trinajstić information content (AvgIpc) is 2.63. The highest BCUT2D eigenvalue weighted by Gasteiger charge is 2.46. The molecular formula is C11H17F6N3O4S2. The van der Waals surface area contributed by atoms with Crippen LogP contribution >= 0.6 is 0 Å². The molecule has 0 bridgehead atoms. The van der Waals surface area contributed by atoms with E-state index in [1.807, 2.05) is 0 Å². The first kappa shape index (κ1) is 24.7. The van der Waals surface area contributed by atoms with Crippen LogP contribution in [0.25, 0.3) is 4.13 Å². The molecule has 15 heteroatoms. The van der Waals surface area contributed by atoms with Crippen molar-refractivity contribution in [3.8, 4) is 0 Å². The van der Waals surface area contributed by atoms with Crippen molar-refractivity contribution in [1.82, 2.24) is 4.68 Å². The maximum Gasteiger partial charge on any atom is 0.480 e. The molecule has 1 aromatic heterocycles. The SMILES string of the molecule is CCC[n+]1c(C)cc(C)n1C.O=S(=O)([N-]S(=O)(=O)C(F)(F)F)C(F)(F)F.